The summed E-state index contributed by atoms with van der Waals surface area (Å²) in [5, 5.41) is 3.14. The van der Waals surface area contributed by atoms with Crippen molar-refractivity contribution < 1.29 is 4.79 Å². The molecule has 3 unspecified atom stereocenters. The fourth-order valence-corrected chi connectivity index (χ4v) is 3.98. The second kappa shape index (κ2) is 6.11. The molecule has 0 fully saturated rings. The van der Waals surface area contributed by atoms with Crippen molar-refractivity contribution >= 4 is 33.6 Å². The van der Waals surface area contributed by atoms with Gasteiger partial charge in [0.2, 0.25) is 5.91 Å². The van der Waals surface area contributed by atoms with Gasteiger partial charge in [0.05, 0.1) is 5.25 Å². The lowest BCUT2D eigenvalue weighted by Crippen LogP contribution is -2.39. The summed E-state index contributed by atoms with van der Waals surface area (Å²) in [6.45, 7) is 4.16. The van der Waals surface area contributed by atoms with E-state index in [4.69, 9.17) is 0 Å². The van der Waals surface area contributed by atoms with Crippen molar-refractivity contribution in [1.82, 2.24) is 5.32 Å². The van der Waals surface area contributed by atoms with E-state index in [2.05, 4.69) is 47.2 Å². The predicted molar refractivity (Wildman–Crippen MR) is 80.4 cm³/mol. The van der Waals surface area contributed by atoms with Gasteiger partial charge in [0, 0.05) is 15.8 Å². The van der Waals surface area contributed by atoms with E-state index < -0.39 is 0 Å². The van der Waals surface area contributed by atoms with E-state index in [-0.39, 0.29) is 17.2 Å². The maximum atomic E-state index is 12.2. The zero-order valence-electron chi connectivity index (χ0n) is 10.7. The quantitative estimate of drug-likeness (QED) is 0.859. The van der Waals surface area contributed by atoms with Gasteiger partial charge >= 0.3 is 0 Å². The minimum Gasteiger partial charge on any atom is -0.353 e. The van der Waals surface area contributed by atoms with Crippen molar-refractivity contribution in [3.05, 3.63) is 29.8 Å². The van der Waals surface area contributed by atoms with Gasteiger partial charge < -0.3 is 5.32 Å². The molecule has 0 saturated carbocycles. The average molecular weight is 328 g/mol. The number of alkyl halides is 1. The van der Waals surface area contributed by atoms with Crippen LogP contribution in [0.4, 0.5) is 0 Å². The fourth-order valence-electron chi connectivity index (χ4n) is 2.21. The van der Waals surface area contributed by atoms with Gasteiger partial charge in [-0.3, -0.25) is 4.79 Å². The molecule has 0 radical (unpaired) electrons. The number of amides is 1. The normalized spacial score (nSPS) is 21.2. The van der Waals surface area contributed by atoms with Gasteiger partial charge in [-0.2, -0.15) is 0 Å². The molecule has 1 aliphatic rings. The summed E-state index contributed by atoms with van der Waals surface area (Å²) in [6.07, 6.45) is 1.80. The number of carbonyl (C=O) groups is 1. The van der Waals surface area contributed by atoms with E-state index in [1.807, 2.05) is 12.1 Å². The molecule has 0 spiro atoms. The number of benzene rings is 1. The first-order chi connectivity index (χ1) is 8.56. The number of hydrogen-bond acceptors (Lipinski definition) is 2. The molecule has 98 valence electrons. The summed E-state index contributed by atoms with van der Waals surface area (Å²) in [4.78, 5) is 13.8. The van der Waals surface area contributed by atoms with Gasteiger partial charge in [-0.15, -0.1) is 11.8 Å². The largest absolute Gasteiger partial charge is 0.353 e. The van der Waals surface area contributed by atoms with Crippen LogP contribution in [0.25, 0.3) is 0 Å². The predicted octanol–water partition coefficient (Wildman–Crippen LogP) is 3.38. The number of thioether (sulfide) groups is 1. The second-order valence-corrected chi connectivity index (χ2v) is 7.65. The first kappa shape index (κ1) is 13.9. The summed E-state index contributed by atoms with van der Waals surface area (Å²) in [6, 6.07) is 8.49. The smallest absolute Gasteiger partial charge is 0.234 e. The highest BCUT2D eigenvalue weighted by molar-refractivity contribution is 9.09. The van der Waals surface area contributed by atoms with Crippen LogP contribution in [-0.4, -0.2) is 22.0 Å². The third kappa shape index (κ3) is 3.51. The van der Waals surface area contributed by atoms with Gasteiger partial charge in [-0.25, -0.2) is 0 Å². The minimum atomic E-state index is 0.0375. The van der Waals surface area contributed by atoms with Crippen LogP contribution in [0.3, 0.4) is 0 Å². The summed E-state index contributed by atoms with van der Waals surface area (Å²) >= 11 is 5.20. The Balaban J connectivity index is 1.89. The topological polar surface area (TPSA) is 29.1 Å². The Morgan fingerprint density at radius 1 is 1.50 bits per heavy atom. The molecule has 1 aromatic carbocycles. The van der Waals surface area contributed by atoms with Crippen molar-refractivity contribution in [2.24, 2.45) is 0 Å². The first-order valence-corrected chi connectivity index (χ1v) is 8.05. The monoisotopic (exact) mass is 327 g/mol. The molecule has 0 aliphatic carbocycles. The van der Waals surface area contributed by atoms with Crippen molar-refractivity contribution in [3.8, 4) is 0 Å². The molecule has 2 rings (SSSR count). The summed E-state index contributed by atoms with van der Waals surface area (Å²) in [5.41, 5.74) is 1.30. The van der Waals surface area contributed by atoms with Gasteiger partial charge in [-0.05, 0) is 31.4 Å². The number of carbonyl (C=O) groups excluding carboxylic acids is 1. The van der Waals surface area contributed by atoms with Crippen LogP contribution in [0, 0.1) is 0 Å². The van der Waals surface area contributed by atoms with Gasteiger partial charge in [0.1, 0.15) is 0 Å². The van der Waals surface area contributed by atoms with E-state index in [0.29, 0.717) is 4.83 Å². The number of rotatable bonds is 4. The molecule has 0 aromatic heterocycles. The first-order valence-electron chi connectivity index (χ1n) is 6.25. The molecule has 18 heavy (non-hydrogen) atoms. The number of hydrogen-bond donors (Lipinski definition) is 1. The minimum absolute atomic E-state index is 0.0375. The van der Waals surface area contributed by atoms with Gasteiger partial charge in [0.25, 0.3) is 0 Å². The highest BCUT2D eigenvalue weighted by Gasteiger charge is 2.28. The Bertz CT molecular complexity index is 411. The molecule has 1 aromatic rings. The molecular weight excluding hydrogens is 310 g/mol. The van der Waals surface area contributed by atoms with Crippen LogP contribution < -0.4 is 5.32 Å². The Labute approximate surface area is 121 Å². The zero-order chi connectivity index (χ0) is 13.1. The molecule has 0 bridgehead atoms. The molecule has 1 heterocycles. The van der Waals surface area contributed by atoms with Crippen LogP contribution >= 0.6 is 27.7 Å². The van der Waals surface area contributed by atoms with Crippen LogP contribution in [-0.2, 0) is 11.2 Å². The van der Waals surface area contributed by atoms with Crippen LogP contribution in [0.1, 0.15) is 25.8 Å². The molecular formula is C14H18BrNOS. The Morgan fingerprint density at radius 2 is 2.22 bits per heavy atom. The van der Waals surface area contributed by atoms with Crippen molar-refractivity contribution in [3.63, 3.8) is 0 Å². The average Bonchev–Trinajstić information content (AvgIpc) is 2.71. The number of fused-ring (bicyclic) bond motifs is 1. The number of halogens is 1. The third-order valence-corrected chi connectivity index (χ3v) is 4.70. The molecule has 4 heteroatoms. The SMILES string of the molecule is CC(Br)CC(C)NC(=O)C1Cc2ccccc2S1. The maximum absolute atomic E-state index is 12.2. The van der Waals surface area contributed by atoms with Gasteiger partial charge in [-0.1, -0.05) is 41.1 Å². The highest BCUT2D eigenvalue weighted by Crippen LogP contribution is 2.36. The van der Waals surface area contributed by atoms with Crippen LogP contribution in [0.15, 0.2) is 29.2 Å². The standard InChI is InChI=1S/C14H18BrNOS/c1-9(15)7-10(2)16-14(17)13-8-11-5-3-4-6-12(11)18-13/h3-6,9-10,13H,7-8H2,1-2H3,(H,16,17). The molecule has 1 aliphatic heterocycles. The highest BCUT2D eigenvalue weighted by atomic mass is 79.9. The summed E-state index contributed by atoms with van der Waals surface area (Å²) < 4.78 is 0. The van der Waals surface area contributed by atoms with E-state index in [0.717, 1.165) is 12.8 Å². The molecule has 0 saturated heterocycles. The Hall–Kier alpha value is -0.480. The van der Waals surface area contributed by atoms with Crippen LogP contribution in [0.5, 0.6) is 0 Å². The van der Waals surface area contributed by atoms with Crippen LogP contribution in [0.2, 0.25) is 0 Å². The van der Waals surface area contributed by atoms with E-state index in [1.165, 1.54) is 10.5 Å². The maximum Gasteiger partial charge on any atom is 0.234 e. The fraction of sp³-hybridized carbons (Fsp3) is 0.500. The van der Waals surface area contributed by atoms with Crippen molar-refractivity contribution in [2.45, 2.75) is 47.7 Å². The third-order valence-electron chi connectivity index (χ3n) is 3.01. The molecule has 1 amide bonds. The second-order valence-electron chi connectivity index (χ2n) is 4.84. The van der Waals surface area contributed by atoms with E-state index >= 15 is 0 Å². The van der Waals surface area contributed by atoms with Crippen molar-refractivity contribution in [2.75, 3.05) is 0 Å². The van der Waals surface area contributed by atoms with E-state index in [1.54, 1.807) is 11.8 Å². The Morgan fingerprint density at radius 3 is 2.89 bits per heavy atom. The molecule has 1 N–H and O–H groups in total. The summed E-state index contributed by atoms with van der Waals surface area (Å²) in [5.74, 6) is 0.164. The number of nitrogens with one attached hydrogen (secondary N) is 1. The zero-order valence-corrected chi connectivity index (χ0v) is 13.1. The molecule has 2 nitrogen and oxygen atoms in total. The lowest BCUT2D eigenvalue weighted by molar-refractivity contribution is -0.121. The lowest BCUT2D eigenvalue weighted by Gasteiger charge is -2.17. The summed E-state index contributed by atoms with van der Waals surface area (Å²) in [7, 11) is 0. The molecule has 3 atom stereocenters. The Kier molecular flexibility index (Phi) is 4.73. The lowest BCUT2D eigenvalue weighted by atomic mass is 10.1. The van der Waals surface area contributed by atoms with Gasteiger partial charge in [0.15, 0.2) is 0 Å². The van der Waals surface area contributed by atoms with E-state index in [9.17, 15) is 4.79 Å². The van der Waals surface area contributed by atoms with Crippen molar-refractivity contribution in [1.29, 1.82) is 0 Å².